The molecule has 112 valence electrons. The van der Waals surface area contributed by atoms with Crippen molar-refractivity contribution in [2.75, 3.05) is 0 Å². The zero-order chi connectivity index (χ0) is 16.1. The van der Waals surface area contributed by atoms with Gasteiger partial charge in [-0.1, -0.05) is 60.2 Å². The Bertz CT molecular complexity index is 724. The van der Waals surface area contributed by atoms with Gasteiger partial charge in [-0.3, -0.25) is 15.4 Å². The maximum atomic E-state index is 12.0. The van der Waals surface area contributed by atoms with Crippen molar-refractivity contribution >= 4 is 29.1 Å². The Kier molecular flexibility index (Phi) is 5.01. The van der Waals surface area contributed by atoms with Crippen molar-refractivity contribution in [1.29, 1.82) is 0 Å². The average Bonchev–Trinajstić information content (AvgIpc) is 2.48. The van der Waals surface area contributed by atoms with Crippen molar-refractivity contribution < 1.29 is 9.59 Å². The maximum absolute atomic E-state index is 12.0. The fourth-order valence-electron chi connectivity index (χ4n) is 1.91. The second kappa shape index (κ2) is 6.95. The number of rotatable bonds is 2. The number of nitrogens with one attached hydrogen (secondary N) is 2. The van der Waals surface area contributed by atoms with Gasteiger partial charge < -0.3 is 0 Å². The van der Waals surface area contributed by atoms with Gasteiger partial charge in [0.25, 0.3) is 5.91 Å². The van der Waals surface area contributed by atoms with Gasteiger partial charge >= 0.3 is 6.03 Å². The van der Waals surface area contributed by atoms with E-state index in [1.807, 2.05) is 50.2 Å². The first-order valence-corrected chi connectivity index (χ1v) is 7.17. The van der Waals surface area contributed by atoms with E-state index in [-0.39, 0.29) is 4.99 Å². The molecule has 0 unspecified atom stereocenters. The average molecular weight is 312 g/mol. The van der Waals surface area contributed by atoms with Crippen molar-refractivity contribution in [1.82, 2.24) is 10.6 Å². The summed E-state index contributed by atoms with van der Waals surface area (Å²) in [5.74, 6) is -0.456. The van der Waals surface area contributed by atoms with E-state index in [0.717, 1.165) is 16.7 Å². The quantitative estimate of drug-likeness (QED) is 0.838. The first-order chi connectivity index (χ1) is 10.5. The molecule has 0 radical (unpaired) electrons. The fraction of sp³-hybridized carbons (Fsp3) is 0.118. The van der Waals surface area contributed by atoms with Crippen LogP contribution in [0, 0.1) is 13.8 Å². The second-order valence-corrected chi connectivity index (χ2v) is 5.33. The van der Waals surface area contributed by atoms with Gasteiger partial charge in [-0.05, 0) is 25.5 Å². The normalized spacial score (nSPS) is 9.91. The molecule has 3 amide bonds. The minimum atomic E-state index is -0.640. The maximum Gasteiger partial charge on any atom is 0.326 e. The molecule has 22 heavy (non-hydrogen) atoms. The van der Waals surface area contributed by atoms with Gasteiger partial charge in [0, 0.05) is 11.1 Å². The Morgan fingerprint density at radius 2 is 1.55 bits per heavy atom. The van der Waals surface area contributed by atoms with Gasteiger partial charge in [0.15, 0.2) is 0 Å². The highest BCUT2D eigenvalue weighted by molar-refractivity contribution is 7.80. The van der Waals surface area contributed by atoms with Crippen LogP contribution in [0.15, 0.2) is 48.5 Å². The summed E-state index contributed by atoms with van der Waals surface area (Å²) in [6, 6.07) is 13.9. The lowest BCUT2D eigenvalue weighted by atomic mass is 10.1. The number of thiocarbonyl (C=S) groups is 1. The first-order valence-electron chi connectivity index (χ1n) is 6.76. The Hall–Kier alpha value is -2.53. The molecule has 2 aromatic rings. The standard InChI is InChI=1S/C17H16N2O2S/c1-11-7-9-13(10-8-11)16(22)19-17(21)18-15(20)14-6-4-3-5-12(14)2/h3-10H,1-2H3,(H2,18,19,20,21,22). The molecule has 0 saturated heterocycles. The van der Waals surface area contributed by atoms with E-state index in [9.17, 15) is 9.59 Å². The van der Waals surface area contributed by atoms with Crippen LogP contribution >= 0.6 is 12.2 Å². The third kappa shape index (κ3) is 3.99. The van der Waals surface area contributed by atoms with Crippen molar-refractivity contribution in [2.45, 2.75) is 13.8 Å². The molecule has 0 aromatic heterocycles. The Morgan fingerprint density at radius 3 is 2.18 bits per heavy atom. The van der Waals surface area contributed by atoms with Crippen molar-refractivity contribution in [3.05, 3.63) is 70.8 Å². The fourth-order valence-corrected chi connectivity index (χ4v) is 2.14. The molecular weight excluding hydrogens is 296 g/mol. The number of aryl methyl sites for hydroxylation is 2. The van der Waals surface area contributed by atoms with Gasteiger partial charge in [-0.25, -0.2) is 4.79 Å². The van der Waals surface area contributed by atoms with Crippen molar-refractivity contribution in [3.8, 4) is 0 Å². The summed E-state index contributed by atoms with van der Waals surface area (Å²) in [6.45, 7) is 3.78. The number of imide groups is 1. The molecule has 2 N–H and O–H groups in total. The van der Waals surface area contributed by atoms with Crippen LogP contribution in [0.5, 0.6) is 0 Å². The number of benzene rings is 2. The second-order valence-electron chi connectivity index (χ2n) is 4.92. The third-order valence-electron chi connectivity index (χ3n) is 3.16. The van der Waals surface area contributed by atoms with Gasteiger partial charge in [-0.2, -0.15) is 0 Å². The highest BCUT2D eigenvalue weighted by Crippen LogP contribution is 2.06. The molecule has 4 nitrogen and oxygen atoms in total. The lowest BCUT2D eigenvalue weighted by Gasteiger charge is -2.09. The van der Waals surface area contributed by atoms with Crippen molar-refractivity contribution in [3.63, 3.8) is 0 Å². The molecule has 2 rings (SSSR count). The van der Waals surface area contributed by atoms with Crippen LogP contribution in [-0.2, 0) is 0 Å². The van der Waals surface area contributed by atoms with Gasteiger partial charge in [0.2, 0.25) is 0 Å². The predicted molar refractivity (Wildman–Crippen MR) is 90.1 cm³/mol. The van der Waals surface area contributed by atoms with Crippen LogP contribution < -0.4 is 10.6 Å². The molecule has 0 bridgehead atoms. The van der Waals surface area contributed by atoms with Crippen LogP contribution in [0.1, 0.15) is 27.0 Å². The first kappa shape index (κ1) is 15.9. The lowest BCUT2D eigenvalue weighted by Crippen LogP contribution is -2.42. The van der Waals surface area contributed by atoms with E-state index in [2.05, 4.69) is 10.6 Å². The lowest BCUT2D eigenvalue weighted by molar-refractivity contribution is 0.0964. The van der Waals surface area contributed by atoms with E-state index in [1.165, 1.54) is 0 Å². The number of hydrogen-bond donors (Lipinski definition) is 2. The van der Waals surface area contributed by atoms with E-state index >= 15 is 0 Å². The van der Waals surface area contributed by atoms with Crippen LogP contribution in [0.3, 0.4) is 0 Å². The summed E-state index contributed by atoms with van der Waals surface area (Å²) in [5.41, 5.74) is 3.08. The summed E-state index contributed by atoms with van der Waals surface area (Å²) in [5, 5.41) is 4.77. The molecule has 0 spiro atoms. The number of hydrogen-bond acceptors (Lipinski definition) is 3. The predicted octanol–water partition coefficient (Wildman–Crippen LogP) is 3.12. The largest absolute Gasteiger partial charge is 0.326 e. The van der Waals surface area contributed by atoms with Gasteiger partial charge in [0.05, 0.1) is 0 Å². The third-order valence-corrected chi connectivity index (χ3v) is 3.50. The molecule has 0 aliphatic heterocycles. The summed E-state index contributed by atoms with van der Waals surface area (Å²) in [6.07, 6.45) is 0. The molecule has 2 aromatic carbocycles. The Balaban J connectivity index is 1.98. The van der Waals surface area contributed by atoms with Crippen LogP contribution in [0.2, 0.25) is 0 Å². The molecule has 0 aliphatic rings. The molecule has 0 atom stereocenters. The summed E-state index contributed by atoms with van der Waals surface area (Å²) < 4.78 is 0. The number of carbonyl (C=O) groups is 2. The van der Waals surface area contributed by atoms with E-state index < -0.39 is 11.9 Å². The minimum absolute atomic E-state index is 0.273. The zero-order valence-corrected chi connectivity index (χ0v) is 13.2. The minimum Gasteiger partial charge on any atom is -0.298 e. The molecule has 0 heterocycles. The van der Waals surface area contributed by atoms with Crippen LogP contribution in [-0.4, -0.2) is 16.9 Å². The number of amides is 3. The summed E-state index contributed by atoms with van der Waals surface area (Å²) >= 11 is 5.15. The SMILES string of the molecule is Cc1ccc(C(=S)NC(=O)NC(=O)c2ccccc2C)cc1. The highest BCUT2D eigenvalue weighted by atomic mass is 32.1. The van der Waals surface area contributed by atoms with E-state index in [4.69, 9.17) is 12.2 Å². The topological polar surface area (TPSA) is 58.2 Å². The van der Waals surface area contributed by atoms with Gasteiger partial charge in [0.1, 0.15) is 4.99 Å². The summed E-state index contributed by atoms with van der Waals surface area (Å²) in [4.78, 5) is 24.2. The summed E-state index contributed by atoms with van der Waals surface area (Å²) in [7, 11) is 0. The van der Waals surface area contributed by atoms with Crippen LogP contribution in [0.25, 0.3) is 0 Å². The van der Waals surface area contributed by atoms with Crippen LogP contribution in [0.4, 0.5) is 4.79 Å². The molecule has 0 saturated carbocycles. The zero-order valence-electron chi connectivity index (χ0n) is 12.3. The Morgan fingerprint density at radius 1 is 0.909 bits per heavy atom. The monoisotopic (exact) mass is 312 g/mol. The van der Waals surface area contributed by atoms with Gasteiger partial charge in [-0.15, -0.1) is 0 Å². The number of urea groups is 1. The van der Waals surface area contributed by atoms with Crippen molar-refractivity contribution in [2.24, 2.45) is 0 Å². The molecular formula is C17H16N2O2S. The smallest absolute Gasteiger partial charge is 0.298 e. The molecule has 5 heteroatoms. The van der Waals surface area contributed by atoms with E-state index in [0.29, 0.717) is 5.56 Å². The highest BCUT2D eigenvalue weighted by Gasteiger charge is 2.13. The molecule has 0 aliphatic carbocycles. The molecule has 0 fully saturated rings. The Labute approximate surface area is 134 Å². The number of carbonyl (C=O) groups excluding carboxylic acids is 2. The van der Waals surface area contributed by atoms with E-state index in [1.54, 1.807) is 12.1 Å².